The molecule has 2 rings (SSSR count). The summed E-state index contributed by atoms with van der Waals surface area (Å²) < 4.78 is 5.82. The first-order chi connectivity index (χ1) is 10.1. The Kier molecular flexibility index (Phi) is 6.19. The minimum Gasteiger partial charge on any atom is -0.491 e. The van der Waals surface area contributed by atoms with Gasteiger partial charge in [0.05, 0.1) is 12.3 Å². The van der Waals surface area contributed by atoms with Crippen LogP contribution in [0.15, 0.2) is 18.2 Å². The van der Waals surface area contributed by atoms with Gasteiger partial charge in [-0.1, -0.05) is 18.5 Å². The standard InChI is InChI=1S/C17H27ClN2O/c1-4-11-21-17-6-5-15(18)12-16(17)19-13(2)14-7-9-20(3)10-8-14/h5-6,12-14,19H,4,7-11H2,1-3H3. The minimum absolute atomic E-state index is 0.432. The number of halogens is 1. The van der Waals surface area contributed by atoms with Crippen LogP contribution < -0.4 is 10.1 Å². The predicted octanol–water partition coefficient (Wildman–Crippen LogP) is 4.27. The molecule has 21 heavy (non-hydrogen) atoms. The van der Waals surface area contributed by atoms with Crippen LogP contribution in [-0.2, 0) is 0 Å². The summed E-state index contributed by atoms with van der Waals surface area (Å²) >= 11 is 6.14. The van der Waals surface area contributed by atoms with E-state index in [1.807, 2.05) is 18.2 Å². The fourth-order valence-electron chi connectivity index (χ4n) is 2.84. The first-order valence-corrected chi connectivity index (χ1v) is 8.35. The van der Waals surface area contributed by atoms with Gasteiger partial charge in [0.15, 0.2) is 0 Å². The maximum Gasteiger partial charge on any atom is 0.142 e. The molecule has 0 amide bonds. The third-order valence-corrected chi connectivity index (χ3v) is 4.49. The Labute approximate surface area is 133 Å². The van der Waals surface area contributed by atoms with Gasteiger partial charge in [0.25, 0.3) is 0 Å². The van der Waals surface area contributed by atoms with Crippen molar-refractivity contribution in [2.75, 3.05) is 32.1 Å². The number of ether oxygens (including phenoxy) is 1. The lowest BCUT2D eigenvalue weighted by Crippen LogP contribution is -2.37. The molecule has 0 radical (unpaired) electrons. The molecule has 4 heteroatoms. The third kappa shape index (κ3) is 4.79. The summed E-state index contributed by atoms with van der Waals surface area (Å²) in [5.74, 6) is 1.61. The number of piperidine rings is 1. The highest BCUT2D eigenvalue weighted by molar-refractivity contribution is 6.30. The lowest BCUT2D eigenvalue weighted by Gasteiger charge is -2.33. The molecule has 1 aliphatic heterocycles. The zero-order chi connectivity index (χ0) is 15.2. The Bertz CT molecular complexity index is 444. The van der Waals surface area contributed by atoms with Crippen molar-refractivity contribution in [1.82, 2.24) is 4.90 Å². The molecule has 1 heterocycles. The monoisotopic (exact) mass is 310 g/mol. The van der Waals surface area contributed by atoms with Crippen molar-refractivity contribution >= 4 is 17.3 Å². The number of hydrogen-bond acceptors (Lipinski definition) is 3. The lowest BCUT2D eigenvalue weighted by atomic mass is 9.90. The highest BCUT2D eigenvalue weighted by atomic mass is 35.5. The number of hydrogen-bond donors (Lipinski definition) is 1. The average molecular weight is 311 g/mol. The summed E-state index contributed by atoms with van der Waals surface area (Å²) in [6, 6.07) is 6.25. The summed E-state index contributed by atoms with van der Waals surface area (Å²) in [4.78, 5) is 2.40. The molecular weight excluding hydrogens is 284 g/mol. The van der Waals surface area contributed by atoms with E-state index in [-0.39, 0.29) is 0 Å². The second kappa shape index (κ2) is 7.90. The van der Waals surface area contributed by atoms with Gasteiger partial charge in [-0.3, -0.25) is 0 Å². The van der Waals surface area contributed by atoms with Crippen LogP contribution in [0.1, 0.15) is 33.1 Å². The van der Waals surface area contributed by atoms with E-state index in [0.29, 0.717) is 12.0 Å². The van der Waals surface area contributed by atoms with Crippen molar-refractivity contribution in [2.24, 2.45) is 5.92 Å². The average Bonchev–Trinajstić information content (AvgIpc) is 2.47. The fourth-order valence-corrected chi connectivity index (χ4v) is 3.02. The van der Waals surface area contributed by atoms with E-state index in [9.17, 15) is 0 Å². The predicted molar refractivity (Wildman–Crippen MR) is 90.5 cm³/mol. The number of nitrogens with zero attached hydrogens (tertiary/aromatic N) is 1. The minimum atomic E-state index is 0.432. The molecule has 118 valence electrons. The Morgan fingerprint density at radius 1 is 1.38 bits per heavy atom. The number of likely N-dealkylation sites (tertiary alicyclic amines) is 1. The van der Waals surface area contributed by atoms with Crippen LogP contribution in [0.3, 0.4) is 0 Å². The molecule has 1 aliphatic rings. The van der Waals surface area contributed by atoms with E-state index in [1.54, 1.807) is 0 Å². The van der Waals surface area contributed by atoms with Gasteiger partial charge in [0.1, 0.15) is 5.75 Å². The second-order valence-electron chi connectivity index (χ2n) is 6.06. The Hall–Kier alpha value is -0.930. The smallest absolute Gasteiger partial charge is 0.142 e. The maximum absolute atomic E-state index is 6.14. The van der Waals surface area contributed by atoms with E-state index in [2.05, 4.69) is 31.1 Å². The van der Waals surface area contributed by atoms with Crippen molar-refractivity contribution in [1.29, 1.82) is 0 Å². The fraction of sp³-hybridized carbons (Fsp3) is 0.647. The highest BCUT2D eigenvalue weighted by Gasteiger charge is 2.22. The highest BCUT2D eigenvalue weighted by Crippen LogP contribution is 2.31. The Morgan fingerprint density at radius 3 is 2.76 bits per heavy atom. The van der Waals surface area contributed by atoms with Crippen molar-refractivity contribution < 1.29 is 4.74 Å². The second-order valence-corrected chi connectivity index (χ2v) is 6.50. The summed E-state index contributed by atoms with van der Waals surface area (Å²) in [5.41, 5.74) is 1.02. The van der Waals surface area contributed by atoms with Crippen LogP contribution >= 0.6 is 11.6 Å². The largest absolute Gasteiger partial charge is 0.491 e. The van der Waals surface area contributed by atoms with Crippen LogP contribution in [0, 0.1) is 5.92 Å². The van der Waals surface area contributed by atoms with Gasteiger partial charge in [-0.15, -0.1) is 0 Å². The SMILES string of the molecule is CCCOc1ccc(Cl)cc1NC(C)C1CCN(C)CC1. The number of rotatable bonds is 6. The Balaban J connectivity index is 2.01. The van der Waals surface area contributed by atoms with Crippen LogP contribution in [0.25, 0.3) is 0 Å². The first kappa shape index (κ1) is 16.4. The quantitative estimate of drug-likeness (QED) is 0.849. The molecule has 0 saturated carbocycles. The molecule has 3 nitrogen and oxygen atoms in total. The van der Waals surface area contributed by atoms with Gasteiger partial charge in [-0.05, 0) is 70.4 Å². The Morgan fingerprint density at radius 2 is 2.10 bits per heavy atom. The molecule has 1 fully saturated rings. The van der Waals surface area contributed by atoms with E-state index >= 15 is 0 Å². The van der Waals surface area contributed by atoms with Crippen molar-refractivity contribution in [2.45, 2.75) is 39.2 Å². The van der Waals surface area contributed by atoms with Gasteiger partial charge >= 0.3 is 0 Å². The van der Waals surface area contributed by atoms with E-state index < -0.39 is 0 Å². The maximum atomic E-state index is 6.14. The van der Waals surface area contributed by atoms with Gasteiger partial charge in [0.2, 0.25) is 0 Å². The molecule has 0 aromatic heterocycles. The zero-order valence-electron chi connectivity index (χ0n) is 13.4. The molecule has 0 spiro atoms. The van der Waals surface area contributed by atoms with Crippen LogP contribution in [0.5, 0.6) is 5.75 Å². The van der Waals surface area contributed by atoms with Gasteiger partial charge < -0.3 is 15.0 Å². The van der Waals surface area contributed by atoms with Crippen LogP contribution in [0.4, 0.5) is 5.69 Å². The summed E-state index contributed by atoms with van der Waals surface area (Å²) in [7, 11) is 2.20. The normalized spacial score (nSPS) is 18.5. The summed E-state index contributed by atoms with van der Waals surface area (Å²) in [5, 5.41) is 4.36. The molecule has 1 aromatic rings. The molecule has 1 atom stereocenters. The summed E-state index contributed by atoms with van der Waals surface area (Å²) in [6.07, 6.45) is 3.50. The molecule has 0 aliphatic carbocycles. The topological polar surface area (TPSA) is 24.5 Å². The van der Waals surface area contributed by atoms with Crippen LogP contribution in [-0.4, -0.2) is 37.7 Å². The number of nitrogens with one attached hydrogen (secondary N) is 1. The van der Waals surface area contributed by atoms with E-state index in [0.717, 1.165) is 29.5 Å². The molecule has 1 unspecified atom stereocenters. The lowest BCUT2D eigenvalue weighted by molar-refractivity contribution is 0.208. The molecule has 1 aromatic carbocycles. The van der Waals surface area contributed by atoms with Crippen molar-refractivity contribution in [3.8, 4) is 5.75 Å². The van der Waals surface area contributed by atoms with E-state index in [4.69, 9.17) is 16.3 Å². The number of benzene rings is 1. The van der Waals surface area contributed by atoms with Gasteiger partial charge in [-0.25, -0.2) is 0 Å². The molecule has 0 bridgehead atoms. The van der Waals surface area contributed by atoms with Crippen molar-refractivity contribution in [3.05, 3.63) is 23.2 Å². The number of anilines is 1. The first-order valence-electron chi connectivity index (χ1n) is 7.97. The zero-order valence-corrected chi connectivity index (χ0v) is 14.1. The summed E-state index contributed by atoms with van der Waals surface area (Å²) in [6.45, 7) is 7.49. The van der Waals surface area contributed by atoms with Gasteiger partial charge in [0, 0.05) is 11.1 Å². The molecule has 1 saturated heterocycles. The van der Waals surface area contributed by atoms with Crippen molar-refractivity contribution in [3.63, 3.8) is 0 Å². The van der Waals surface area contributed by atoms with Crippen LogP contribution in [0.2, 0.25) is 5.02 Å². The van der Waals surface area contributed by atoms with E-state index in [1.165, 1.54) is 25.9 Å². The molecule has 1 N–H and O–H groups in total. The molecular formula is C17H27ClN2O. The van der Waals surface area contributed by atoms with Gasteiger partial charge in [-0.2, -0.15) is 0 Å². The third-order valence-electron chi connectivity index (χ3n) is 4.26.